The van der Waals surface area contributed by atoms with Gasteiger partial charge in [-0.25, -0.2) is 4.98 Å². The minimum Gasteiger partial charge on any atom is -0.300 e. The highest BCUT2D eigenvalue weighted by atomic mass is 16.2. The highest BCUT2D eigenvalue weighted by Crippen LogP contribution is 2.57. The predicted octanol–water partition coefficient (Wildman–Crippen LogP) is 2.55. The van der Waals surface area contributed by atoms with Gasteiger partial charge < -0.3 is 4.90 Å². The first kappa shape index (κ1) is 14.5. The van der Waals surface area contributed by atoms with E-state index < -0.39 is 0 Å². The van der Waals surface area contributed by atoms with Crippen LogP contribution in [0.3, 0.4) is 0 Å². The largest absolute Gasteiger partial charge is 0.300 e. The molecule has 4 nitrogen and oxygen atoms in total. The summed E-state index contributed by atoms with van der Waals surface area (Å²) in [5.41, 5.74) is 0.560. The summed E-state index contributed by atoms with van der Waals surface area (Å²) < 4.78 is 0. The summed E-state index contributed by atoms with van der Waals surface area (Å²) >= 11 is 0. The Morgan fingerprint density at radius 3 is 2.95 bits per heavy atom. The summed E-state index contributed by atoms with van der Waals surface area (Å²) in [5.74, 6) is 1.80. The first-order valence-electron chi connectivity index (χ1n) is 7.99. The van der Waals surface area contributed by atoms with E-state index in [9.17, 15) is 4.79 Å². The van der Waals surface area contributed by atoms with Gasteiger partial charge in [-0.05, 0) is 36.8 Å². The fraction of sp³-hybridized carbons (Fsp3) is 0.647. The first-order valence-corrected chi connectivity index (χ1v) is 7.99. The second kappa shape index (κ2) is 5.41. The molecular weight excluding hydrogens is 262 g/mol. The van der Waals surface area contributed by atoms with Crippen molar-refractivity contribution in [1.82, 2.24) is 9.88 Å². The van der Waals surface area contributed by atoms with Crippen molar-refractivity contribution < 1.29 is 4.79 Å². The van der Waals surface area contributed by atoms with Crippen molar-refractivity contribution in [3.05, 3.63) is 24.4 Å². The third-order valence-corrected chi connectivity index (χ3v) is 5.03. The summed E-state index contributed by atoms with van der Waals surface area (Å²) in [4.78, 5) is 21.1. The quantitative estimate of drug-likeness (QED) is 0.835. The van der Waals surface area contributed by atoms with Crippen LogP contribution in [-0.4, -0.2) is 41.5 Å². The van der Waals surface area contributed by atoms with Gasteiger partial charge in [0, 0.05) is 38.3 Å². The number of rotatable bonds is 5. The Hall–Kier alpha value is -1.42. The van der Waals surface area contributed by atoms with Crippen molar-refractivity contribution in [3.8, 4) is 0 Å². The molecule has 1 saturated heterocycles. The molecule has 1 aliphatic heterocycles. The molecule has 3 unspecified atom stereocenters. The second-order valence-electron chi connectivity index (χ2n) is 6.90. The normalized spacial score (nSPS) is 29.0. The Morgan fingerprint density at radius 1 is 1.57 bits per heavy atom. The molecule has 0 aromatic carbocycles. The molecule has 0 spiro atoms. The first-order chi connectivity index (χ1) is 10.0. The lowest BCUT2D eigenvalue weighted by molar-refractivity contribution is -0.118. The van der Waals surface area contributed by atoms with Gasteiger partial charge in [0.25, 0.3) is 0 Å². The third-order valence-electron chi connectivity index (χ3n) is 5.03. The Balaban J connectivity index is 1.69. The van der Waals surface area contributed by atoms with Gasteiger partial charge in [-0.15, -0.1) is 0 Å². The Morgan fingerprint density at radius 2 is 2.38 bits per heavy atom. The van der Waals surface area contributed by atoms with Crippen LogP contribution in [-0.2, 0) is 4.79 Å². The van der Waals surface area contributed by atoms with E-state index in [1.165, 1.54) is 19.5 Å². The van der Waals surface area contributed by atoms with Crippen LogP contribution in [0.25, 0.3) is 0 Å². The zero-order valence-corrected chi connectivity index (χ0v) is 13.2. The van der Waals surface area contributed by atoms with E-state index >= 15 is 0 Å². The maximum absolute atomic E-state index is 12.3. The molecule has 3 atom stereocenters. The maximum Gasteiger partial charge on any atom is 0.228 e. The van der Waals surface area contributed by atoms with Crippen molar-refractivity contribution in [3.63, 3.8) is 0 Å². The molecule has 0 N–H and O–H groups in total. The summed E-state index contributed by atoms with van der Waals surface area (Å²) in [7, 11) is 0. The molecule has 1 saturated carbocycles. The number of likely N-dealkylation sites (tertiary alicyclic amines) is 1. The van der Waals surface area contributed by atoms with Crippen molar-refractivity contribution >= 4 is 11.7 Å². The Labute approximate surface area is 127 Å². The molecule has 0 bridgehead atoms. The molecule has 1 aromatic rings. The number of aromatic nitrogens is 1. The zero-order valence-electron chi connectivity index (χ0n) is 13.2. The van der Waals surface area contributed by atoms with E-state index in [4.69, 9.17) is 0 Å². The molecule has 114 valence electrons. The number of hydrogen-bond donors (Lipinski definition) is 0. The SMILES string of the molecule is CCC(=O)N(c1ccccn1)C(C)CN1CC2CC2(C)C1. The van der Waals surface area contributed by atoms with E-state index in [0.29, 0.717) is 11.8 Å². The van der Waals surface area contributed by atoms with E-state index in [-0.39, 0.29) is 11.9 Å². The fourth-order valence-corrected chi connectivity index (χ4v) is 3.73. The van der Waals surface area contributed by atoms with Crippen LogP contribution < -0.4 is 4.90 Å². The molecule has 1 aromatic heterocycles. The fourth-order valence-electron chi connectivity index (χ4n) is 3.73. The van der Waals surface area contributed by atoms with Gasteiger partial charge in [-0.1, -0.05) is 19.9 Å². The minimum absolute atomic E-state index is 0.150. The number of fused-ring (bicyclic) bond motifs is 1. The standard InChI is InChI=1S/C17H25N3O/c1-4-16(21)20(15-7-5-6-8-18-15)13(2)10-19-11-14-9-17(14,3)12-19/h5-8,13-14H,4,9-12H2,1-3H3. The van der Waals surface area contributed by atoms with Crippen LogP contribution in [0.5, 0.6) is 0 Å². The Kier molecular flexibility index (Phi) is 3.74. The van der Waals surface area contributed by atoms with Crippen LogP contribution >= 0.6 is 0 Å². The number of amides is 1. The van der Waals surface area contributed by atoms with Gasteiger partial charge >= 0.3 is 0 Å². The number of carbonyl (C=O) groups excluding carboxylic acids is 1. The minimum atomic E-state index is 0.150. The molecule has 1 amide bonds. The number of hydrogen-bond acceptors (Lipinski definition) is 3. The molecule has 2 fully saturated rings. The van der Waals surface area contributed by atoms with Crippen molar-refractivity contribution in [2.24, 2.45) is 11.3 Å². The smallest absolute Gasteiger partial charge is 0.228 e. The predicted molar refractivity (Wildman–Crippen MR) is 84.1 cm³/mol. The van der Waals surface area contributed by atoms with Gasteiger partial charge in [-0.3, -0.25) is 9.69 Å². The van der Waals surface area contributed by atoms with Crippen molar-refractivity contribution in [2.75, 3.05) is 24.5 Å². The lowest BCUT2D eigenvalue weighted by Gasteiger charge is -2.32. The number of anilines is 1. The van der Waals surface area contributed by atoms with Gasteiger partial charge in [0.15, 0.2) is 0 Å². The summed E-state index contributed by atoms with van der Waals surface area (Å²) in [5, 5.41) is 0. The highest BCUT2D eigenvalue weighted by molar-refractivity contribution is 5.92. The van der Waals surface area contributed by atoms with Crippen LogP contribution in [0, 0.1) is 11.3 Å². The van der Waals surface area contributed by atoms with E-state index in [2.05, 4.69) is 23.7 Å². The number of nitrogens with zero attached hydrogens (tertiary/aromatic N) is 3. The number of pyridine rings is 1. The monoisotopic (exact) mass is 287 g/mol. The summed E-state index contributed by atoms with van der Waals surface area (Å²) in [6.07, 6.45) is 3.65. The van der Waals surface area contributed by atoms with Crippen LogP contribution in [0.1, 0.15) is 33.6 Å². The Bertz CT molecular complexity index is 518. The van der Waals surface area contributed by atoms with E-state index in [1.807, 2.05) is 30.0 Å². The van der Waals surface area contributed by atoms with Crippen molar-refractivity contribution in [1.29, 1.82) is 0 Å². The molecule has 2 aliphatic rings. The zero-order chi connectivity index (χ0) is 15.0. The summed E-state index contributed by atoms with van der Waals surface area (Å²) in [6, 6.07) is 5.91. The highest BCUT2D eigenvalue weighted by Gasteiger charge is 2.56. The third kappa shape index (κ3) is 2.82. The lowest BCUT2D eigenvalue weighted by Crippen LogP contribution is -2.46. The lowest BCUT2D eigenvalue weighted by atomic mass is 10.1. The number of piperidine rings is 1. The average molecular weight is 287 g/mol. The summed E-state index contributed by atoms with van der Waals surface area (Å²) in [6.45, 7) is 9.74. The topological polar surface area (TPSA) is 36.4 Å². The van der Waals surface area contributed by atoms with Crippen molar-refractivity contribution in [2.45, 2.75) is 39.7 Å². The second-order valence-corrected chi connectivity index (χ2v) is 6.90. The molecule has 3 rings (SSSR count). The average Bonchev–Trinajstić information content (AvgIpc) is 2.98. The molecule has 1 aliphatic carbocycles. The van der Waals surface area contributed by atoms with Gasteiger partial charge in [0.05, 0.1) is 0 Å². The van der Waals surface area contributed by atoms with E-state index in [1.54, 1.807) is 6.20 Å². The molecule has 4 heteroatoms. The maximum atomic E-state index is 12.3. The van der Waals surface area contributed by atoms with Gasteiger partial charge in [0.2, 0.25) is 5.91 Å². The van der Waals surface area contributed by atoms with Gasteiger partial charge in [0.1, 0.15) is 5.82 Å². The van der Waals surface area contributed by atoms with E-state index in [0.717, 1.165) is 18.3 Å². The molecule has 0 radical (unpaired) electrons. The van der Waals surface area contributed by atoms with Gasteiger partial charge in [-0.2, -0.15) is 0 Å². The number of carbonyl (C=O) groups is 1. The molecular formula is C17H25N3O. The van der Waals surface area contributed by atoms with Crippen LogP contribution in [0.15, 0.2) is 24.4 Å². The van der Waals surface area contributed by atoms with Crippen LogP contribution in [0.4, 0.5) is 5.82 Å². The van der Waals surface area contributed by atoms with Crippen LogP contribution in [0.2, 0.25) is 0 Å². The molecule has 2 heterocycles. The molecule has 21 heavy (non-hydrogen) atoms.